The number of fused-ring (bicyclic) bond motifs is 1. The minimum Gasteiger partial charge on any atom is -0.481 e. The van der Waals surface area contributed by atoms with Crippen LogP contribution in [0.2, 0.25) is 0 Å². The number of nitrogens with two attached hydrogens (primary N) is 1. The molecule has 3 aromatic rings. The van der Waals surface area contributed by atoms with Crippen molar-refractivity contribution in [3.05, 3.63) is 57.5 Å². The predicted octanol–water partition coefficient (Wildman–Crippen LogP) is 1.09. The van der Waals surface area contributed by atoms with Crippen molar-refractivity contribution in [3.63, 3.8) is 0 Å². The van der Waals surface area contributed by atoms with Crippen LogP contribution in [0.3, 0.4) is 0 Å². The Morgan fingerprint density at radius 2 is 1.81 bits per heavy atom. The summed E-state index contributed by atoms with van der Waals surface area (Å²) in [7, 11) is 0. The first-order valence-corrected chi connectivity index (χ1v) is 9.44. The molecule has 3 rings (SSSR count). The molecule has 2 aromatic heterocycles. The summed E-state index contributed by atoms with van der Waals surface area (Å²) in [5.74, 6) is -3.00. The SMILES string of the molecule is Cl.Nc1nc2[nH]cc(CCc3ccc(C(=O)NC(CCC(=O)O)C(=O)O)cc3)c2c(=O)[nH]1. The number of carboxylic acid groups (broad SMARTS) is 2. The van der Waals surface area contributed by atoms with Gasteiger partial charge in [-0.1, -0.05) is 12.1 Å². The lowest BCUT2D eigenvalue weighted by Crippen LogP contribution is -2.41. The highest BCUT2D eigenvalue weighted by Crippen LogP contribution is 2.16. The molecule has 1 unspecified atom stereocenters. The van der Waals surface area contributed by atoms with E-state index in [-0.39, 0.29) is 42.3 Å². The summed E-state index contributed by atoms with van der Waals surface area (Å²) >= 11 is 0. The van der Waals surface area contributed by atoms with E-state index < -0.39 is 23.9 Å². The second-order valence-electron chi connectivity index (χ2n) is 6.98. The quantitative estimate of drug-likeness (QED) is 0.271. The molecule has 0 aliphatic rings. The molecule has 32 heavy (non-hydrogen) atoms. The van der Waals surface area contributed by atoms with Crippen LogP contribution in [0.15, 0.2) is 35.3 Å². The number of carbonyl (C=O) groups excluding carboxylic acids is 1. The van der Waals surface area contributed by atoms with E-state index in [1.807, 2.05) is 0 Å². The number of amides is 1. The van der Waals surface area contributed by atoms with Crippen molar-refractivity contribution in [1.82, 2.24) is 20.3 Å². The van der Waals surface area contributed by atoms with E-state index in [1.165, 1.54) is 0 Å². The normalized spacial score (nSPS) is 11.5. The number of carbonyl (C=O) groups is 3. The third-order valence-electron chi connectivity index (χ3n) is 4.79. The average Bonchev–Trinajstić information content (AvgIpc) is 3.12. The van der Waals surface area contributed by atoms with Crippen LogP contribution in [0.25, 0.3) is 11.0 Å². The number of aryl methyl sites for hydroxylation is 2. The molecule has 2 heterocycles. The van der Waals surface area contributed by atoms with E-state index >= 15 is 0 Å². The topological polar surface area (TPSA) is 191 Å². The van der Waals surface area contributed by atoms with E-state index in [0.717, 1.165) is 11.1 Å². The van der Waals surface area contributed by atoms with Gasteiger partial charge in [0.1, 0.15) is 11.7 Å². The molecule has 0 bridgehead atoms. The molecule has 0 aliphatic heterocycles. The molecule has 1 atom stereocenters. The molecule has 0 radical (unpaired) electrons. The van der Waals surface area contributed by atoms with Gasteiger partial charge in [-0.25, -0.2) is 4.79 Å². The van der Waals surface area contributed by atoms with Gasteiger partial charge in [-0.2, -0.15) is 4.98 Å². The van der Waals surface area contributed by atoms with Crippen LogP contribution in [-0.4, -0.2) is 49.1 Å². The minimum atomic E-state index is -1.30. The molecule has 1 amide bonds. The molecule has 0 saturated heterocycles. The number of hydrogen-bond donors (Lipinski definition) is 6. The number of nitrogen functional groups attached to an aromatic ring is 1. The zero-order chi connectivity index (χ0) is 22.5. The lowest BCUT2D eigenvalue weighted by atomic mass is 10.0. The van der Waals surface area contributed by atoms with Gasteiger partial charge in [0.15, 0.2) is 0 Å². The average molecular weight is 464 g/mol. The lowest BCUT2D eigenvalue weighted by molar-refractivity contribution is -0.140. The second kappa shape index (κ2) is 10.4. The molecular formula is C20H22ClN5O6. The number of hydrogen-bond acceptors (Lipinski definition) is 6. The first-order chi connectivity index (χ1) is 14.7. The van der Waals surface area contributed by atoms with Crippen LogP contribution in [0.1, 0.15) is 34.3 Å². The van der Waals surface area contributed by atoms with E-state index in [2.05, 4.69) is 20.3 Å². The standard InChI is InChI=1S/C20H21N5O6.ClH/c21-20-24-16-15(18(29)25-20)12(9-22-16)6-3-10-1-4-11(5-2-10)17(28)23-13(19(30)31)7-8-14(26)27;/h1-2,4-5,9,13H,3,6-8H2,(H,23,28)(H,26,27)(H,30,31)(H4,21,22,24,25,29);1H. The Kier molecular flexibility index (Phi) is 7.97. The molecule has 0 aliphatic carbocycles. The molecule has 170 valence electrons. The maximum atomic E-state index is 12.3. The molecule has 0 fully saturated rings. The maximum absolute atomic E-state index is 12.3. The van der Waals surface area contributed by atoms with Gasteiger partial charge in [0, 0.05) is 18.2 Å². The smallest absolute Gasteiger partial charge is 0.326 e. The van der Waals surface area contributed by atoms with Gasteiger partial charge in [-0.15, -0.1) is 12.4 Å². The van der Waals surface area contributed by atoms with Crippen molar-refractivity contribution in [2.75, 3.05) is 5.73 Å². The second-order valence-corrected chi connectivity index (χ2v) is 6.98. The Hall–Kier alpha value is -3.86. The summed E-state index contributed by atoms with van der Waals surface area (Å²) < 4.78 is 0. The monoisotopic (exact) mass is 463 g/mol. The fourth-order valence-corrected chi connectivity index (χ4v) is 3.19. The molecule has 11 nitrogen and oxygen atoms in total. The third-order valence-corrected chi connectivity index (χ3v) is 4.79. The van der Waals surface area contributed by atoms with Crippen LogP contribution in [0.4, 0.5) is 5.95 Å². The zero-order valence-electron chi connectivity index (χ0n) is 16.8. The number of rotatable bonds is 9. The summed E-state index contributed by atoms with van der Waals surface area (Å²) in [6.07, 6.45) is 2.27. The van der Waals surface area contributed by atoms with Crippen molar-refractivity contribution in [1.29, 1.82) is 0 Å². The Morgan fingerprint density at radius 3 is 2.44 bits per heavy atom. The molecule has 0 saturated carbocycles. The van der Waals surface area contributed by atoms with Gasteiger partial charge in [-0.3, -0.25) is 19.4 Å². The van der Waals surface area contributed by atoms with Crippen LogP contribution in [-0.2, 0) is 22.4 Å². The molecule has 1 aromatic carbocycles. The Labute approximate surface area is 187 Å². The van der Waals surface area contributed by atoms with Gasteiger partial charge in [-0.05, 0) is 42.5 Å². The third kappa shape index (κ3) is 5.85. The first-order valence-electron chi connectivity index (χ1n) is 9.44. The lowest BCUT2D eigenvalue weighted by Gasteiger charge is -2.13. The number of benzene rings is 1. The Bertz CT molecular complexity index is 1190. The highest BCUT2D eigenvalue weighted by atomic mass is 35.5. The van der Waals surface area contributed by atoms with Gasteiger partial charge >= 0.3 is 11.9 Å². The van der Waals surface area contributed by atoms with Crippen molar-refractivity contribution in [2.24, 2.45) is 0 Å². The summed E-state index contributed by atoms with van der Waals surface area (Å²) in [5, 5.41) is 20.6. The number of nitrogens with zero attached hydrogens (tertiary/aromatic N) is 1. The van der Waals surface area contributed by atoms with Crippen LogP contribution in [0, 0.1) is 0 Å². The molecule has 12 heteroatoms. The largest absolute Gasteiger partial charge is 0.481 e. The van der Waals surface area contributed by atoms with Gasteiger partial charge in [0.05, 0.1) is 5.39 Å². The number of halogens is 1. The number of H-pyrrole nitrogens is 2. The van der Waals surface area contributed by atoms with E-state index in [9.17, 15) is 19.2 Å². The van der Waals surface area contributed by atoms with E-state index in [4.69, 9.17) is 15.9 Å². The van der Waals surface area contributed by atoms with Crippen molar-refractivity contribution in [3.8, 4) is 0 Å². The fraction of sp³-hybridized carbons (Fsp3) is 0.250. The summed E-state index contributed by atoms with van der Waals surface area (Å²) in [5.41, 5.74) is 7.59. The van der Waals surface area contributed by atoms with Gasteiger partial charge in [0.25, 0.3) is 11.5 Å². The molecule has 0 spiro atoms. The number of aliphatic carboxylic acids is 2. The minimum absolute atomic E-state index is 0. The van der Waals surface area contributed by atoms with Gasteiger partial charge in [0.2, 0.25) is 5.95 Å². The summed E-state index contributed by atoms with van der Waals surface area (Å²) in [6.45, 7) is 0. The zero-order valence-corrected chi connectivity index (χ0v) is 17.6. The number of anilines is 1. The number of aromatic nitrogens is 3. The number of carboxylic acids is 2. The summed E-state index contributed by atoms with van der Waals surface area (Å²) in [4.78, 5) is 55.7. The van der Waals surface area contributed by atoms with E-state index in [0.29, 0.717) is 23.9 Å². The van der Waals surface area contributed by atoms with Crippen LogP contribution in [0.5, 0.6) is 0 Å². The highest BCUT2D eigenvalue weighted by molar-refractivity contribution is 5.96. The van der Waals surface area contributed by atoms with Crippen molar-refractivity contribution in [2.45, 2.75) is 31.7 Å². The molecule has 7 N–H and O–H groups in total. The maximum Gasteiger partial charge on any atom is 0.326 e. The van der Waals surface area contributed by atoms with Gasteiger partial charge < -0.3 is 26.2 Å². The fourth-order valence-electron chi connectivity index (χ4n) is 3.19. The summed E-state index contributed by atoms with van der Waals surface area (Å²) in [6, 6.07) is 5.30. The number of aromatic amines is 2. The first kappa shape index (κ1) is 24.4. The number of nitrogens with one attached hydrogen (secondary N) is 3. The van der Waals surface area contributed by atoms with E-state index in [1.54, 1.807) is 30.5 Å². The van der Waals surface area contributed by atoms with Crippen LogP contribution >= 0.6 is 12.4 Å². The van der Waals surface area contributed by atoms with Crippen molar-refractivity contribution >= 4 is 47.2 Å². The van der Waals surface area contributed by atoms with Crippen molar-refractivity contribution < 1.29 is 24.6 Å². The Morgan fingerprint density at radius 1 is 1.12 bits per heavy atom. The highest BCUT2D eigenvalue weighted by Gasteiger charge is 2.21. The predicted molar refractivity (Wildman–Crippen MR) is 118 cm³/mol. The molecular weight excluding hydrogens is 442 g/mol. The van der Waals surface area contributed by atoms with Crippen LogP contribution < -0.4 is 16.6 Å². The Balaban J connectivity index is 0.00000363.